The third-order valence-corrected chi connectivity index (χ3v) is 5.25. The Kier molecular flexibility index (Phi) is 6.84. The zero-order valence-corrected chi connectivity index (χ0v) is 15.2. The van der Waals surface area contributed by atoms with Crippen LogP contribution in [0, 0.1) is 0 Å². The monoisotopic (exact) mass is 346 g/mol. The molecule has 0 aromatic heterocycles. The number of hydrogen-bond acceptors (Lipinski definition) is 5. The lowest BCUT2D eigenvalue weighted by molar-refractivity contribution is -0.142. The predicted octanol–water partition coefficient (Wildman–Crippen LogP) is 2.30. The highest BCUT2D eigenvalue weighted by Gasteiger charge is 2.30. The number of rotatable bonds is 6. The van der Waals surface area contributed by atoms with Gasteiger partial charge in [-0.25, -0.2) is 0 Å². The van der Waals surface area contributed by atoms with Gasteiger partial charge in [-0.05, 0) is 31.4 Å². The summed E-state index contributed by atoms with van der Waals surface area (Å²) in [4.78, 5) is 16.6. The van der Waals surface area contributed by atoms with Crippen molar-refractivity contribution in [3.05, 3.63) is 35.9 Å². The molecule has 25 heavy (non-hydrogen) atoms. The van der Waals surface area contributed by atoms with E-state index in [0.717, 1.165) is 58.6 Å². The topological polar surface area (TPSA) is 42.0 Å². The van der Waals surface area contributed by atoms with Crippen molar-refractivity contribution >= 4 is 5.97 Å². The first kappa shape index (κ1) is 18.4. The third-order valence-electron chi connectivity index (χ3n) is 5.25. The Hall–Kier alpha value is -1.43. The van der Waals surface area contributed by atoms with E-state index in [0.29, 0.717) is 12.5 Å². The molecule has 0 unspecified atom stereocenters. The van der Waals surface area contributed by atoms with E-state index in [2.05, 4.69) is 40.1 Å². The second-order valence-electron chi connectivity index (χ2n) is 7.14. The highest BCUT2D eigenvalue weighted by Crippen LogP contribution is 2.22. The molecule has 138 valence electrons. The van der Waals surface area contributed by atoms with Crippen molar-refractivity contribution in [2.75, 3.05) is 39.9 Å². The first-order valence-electron chi connectivity index (χ1n) is 9.43. The minimum atomic E-state index is -0.107. The molecule has 2 fully saturated rings. The van der Waals surface area contributed by atoms with Crippen LogP contribution in [-0.2, 0) is 20.8 Å². The lowest BCUT2D eigenvalue weighted by atomic mass is 10.1. The first-order valence-corrected chi connectivity index (χ1v) is 9.43. The summed E-state index contributed by atoms with van der Waals surface area (Å²) in [6, 6.07) is 10.9. The molecule has 0 amide bonds. The van der Waals surface area contributed by atoms with Crippen molar-refractivity contribution < 1.29 is 14.3 Å². The molecule has 0 spiro atoms. The SMILES string of the molecule is COC(=O)C[C@H]1CCCN1C[C@H]1CN(Cc2ccccc2)CCCO1. The number of hydrogen-bond donors (Lipinski definition) is 0. The molecule has 5 nitrogen and oxygen atoms in total. The van der Waals surface area contributed by atoms with Gasteiger partial charge in [-0.15, -0.1) is 0 Å². The van der Waals surface area contributed by atoms with Gasteiger partial charge in [0.1, 0.15) is 0 Å². The summed E-state index contributed by atoms with van der Waals surface area (Å²) in [5.74, 6) is -0.107. The summed E-state index contributed by atoms with van der Waals surface area (Å²) in [5, 5.41) is 0. The molecule has 3 rings (SSSR count). The molecular formula is C20H30N2O3. The summed E-state index contributed by atoms with van der Waals surface area (Å²) in [7, 11) is 1.47. The van der Waals surface area contributed by atoms with Crippen molar-refractivity contribution in [1.29, 1.82) is 0 Å². The summed E-state index contributed by atoms with van der Waals surface area (Å²) < 4.78 is 11.0. The largest absolute Gasteiger partial charge is 0.469 e. The quantitative estimate of drug-likeness (QED) is 0.740. The van der Waals surface area contributed by atoms with Gasteiger partial charge in [0.2, 0.25) is 0 Å². The smallest absolute Gasteiger partial charge is 0.307 e. The maximum absolute atomic E-state index is 11.6. The number of nitrogens with zero attached hydrogens (tertiary/aromatic N) is 2. The molecule has 2 aliphatic rings. The highest BCUT2D eigenvalue weighted by atomic mass is 16.5. The van der Waals surface area contributed by atoms with Crippen LogP contribution >= 0.6 is 0 Å². The number of methoxy groups -OCH3 is 1. The zero-order chi connectivity index (χ0) is 17.5. The Morgan fingerprint density at radius 3 is 2.88 bits per heavy atom. The van der Waals surface area contributed by atoms with Crippen LogP contribution < -0.4 is 0 Å². The Labute approximate surface area is 150 Å². The van der Waals surface area contributed by atoms with Crippen molar-refractivity contribution in [3.8, 4) is 0 Å². The maximum atomic E-state index is 11.6. The van der Waals surface area contributed by atoms with Crippen molar-refractivity contribution in [3.63, 3.8) is 0 Å². The molecule has 0 N–H and O–H groups in total. The van der Waals surface area contributed by atoms with Gasteiger partial charge in [-0.2, -0.15) is 0 Å². The van der Waals surface area contributed by atoms with Gasteiger partial charge in [0.15, 0.2) is 0 Å². The standard InChI is InChI=1S/C20H30N2O3/c1-24-20(23)13-18-9-5-11-22(18)16-19-15-21(10-6-12-25-19)14-17-7-3-2-4-8-17/h2-4,7-8,18-19H,5-6,9-16H2,1H3/t18-,19-/m1/s1. The molecule has 1 aromatic rings. The molecule has 2 atom stereocenters. The Balaban J connectivity index is 1.54. The average Bonchev–Trinajstić information content (AvgIpc) is 2.93. The number of ether oxygens (including phenoxy) is 2. The van der Waals surface area contributed by atoms with E-state index in [1.165, 1.54) is 12.7 Å². The summed E-state index contributed by atoms with van der Waals surface area (Å²) >= 11 is 0. The molecule has 1 aromatic carbocycles. The molecule has 2 saturated heterocycles. The van der Waals surface area contributed by atoms with Gasteiger partial charge in [0.25, 0.3) is 0 Å². The fourth-order valence-corrected chi connectivity index (χ4v) is 3.97. The van der Waals surface area contributed by atoms with Crippen LogP contribution in [0.5, 0.6) is 0 Å². The molecular weight excluding hydrogens is 316 g/mol. The van der Waals surface area contributed by atoms with Crippen LogP contribution in [0.1, 0.15) is 31.2 Å². The predicted molar refractivity (Wildman–Crippen MR) is 97.3 cm³/mol. The average molecular weight is 346 g/mol. The molecule has 5 heteroatoms. The number of likely N-dealkylation sites (tertiary alicyclic amines) is 1. The van der Waals surface area contributed by atoms with Gasteiger partial charge in [0, 0.05) is 38.8 Å². The number of carbonyl (C=O) groups excluding carboxylic acids is 1. The van der Waals surface area contributed by atoms with E-state index in [1.807, 2.05) is 0 Å². The molecule has 2 aliphatic heterocycles. The van der Waals surface area contributed by atoms with E-state index in [4.69, 9.17) is 9.47 Å². The fraction of sp³-hybridized carbons (Fsp3) is 0.650. The van der Waals surface area contributed by atoms with Crippen LogP contribution in [0.15, 0.2) is 30.3 Å². The maximum Gasteiger partial charge on any atom is 0.307 e. The second-order valence-corrected chi connectivity index (χ2v) is 7.14. The van der Waals surface area contributed by atoms with E-state index < -0.39 is 0 Å². The molecule has 2 heterocycles. The third kappa shape index (κ3) is 5.53. The summed E-state index contributed by atoms with van der Waals surface area (Å²) in [6.07, 6.45) is 4.02. The molecule has 0 aliphatic carbocycles. The second kappa shape index (κ2) is 9.32. The van der Waals surface area contributed by atoms with Gasteiger partial charge >= 0.3 is 5.97 Å². The number of carbonyl (C=O) groups is 1. The Bertz CT molecular complexity index is 537. The van der Waals surface area contributed by atoms with Crippen molar-refractivity contribution in [2.24, 2.45) is 0 Å². The van der Waals surface area contributed by atoms with Gasteiger partial charge in [-0.3, -0.25) is 14.6 Å². The van der Waals surface area contributed by atoms with Gasteiger partial charge < -0.3 is 9.47 Å². The van der Waals surface area contributed by atoms with Crippen LogP contribution in [0.2, 0.25) is 0 Å². The number of benzene rings is 1. The van der Waals surface area contributed by atoms with Gasteiger partial charge in [-0.1, -0.05) is 30.3 Å². The van der Waals surface area contributed by atoms with Crippen LogP contribution in [0.3, 0.4) is 0 Å². The molecule has 0 saturated carbocycles. The minimum Gasteiger partial charge on any atom is -0.469 e. The van der Waals surface area contributed by atoms with E-state index in [1.54, 1.807) is 0 Å². The zero-order valence-electron chi connectivity index (χ0n) is 15.2. The Morgan fingerprint density at radius 1 is 1.24 bits per heavy atom. The van der Waals surface area contributed by atoms with E-state index in [-0.39, 0.29) is 12.1 Å². The summed E-state index contributed by atoms with van der Waals surface area (Å²) in [6.45, 7) is 5.80. The van der Waals surface area contributed by atoms with Crippen LogP contribution in [0.25, 0.3) is 0 Å². The lowest BCUT2D eigenvalue weighted by Gasteiger charge is -2.30. The van der Waals surface area contributed by atoms with Crippen LogP contribution in [0.4, 0.5) is 0 Å². The van der Waals surface area contributed by atoms with Gasteiger partial charge in [0.05, 0.1) is 19.6 Å². The molecule has 0 radical (unpaired) electrons. The van der Waals surface area contributed by atoms with E-state index >= 15 is 0 Å². The van der Waals surface area contributed by atoms with E-state index in [9.17, 15) is 4.79 Å². The number of esters is 1. The highest BCUT2D eigenvalue weighted by molar-refractivity contribution is 5.69. The van der Waals surface area contributed by atoms with Crippen molar-refractivity contribution in [2.45, 2.75) is 44.4 Å². The van der Waals surface area contributed by atoms with Crippen LogP contribution in [-0.4, -0.2) is 67.8 Å². The Morgan fingerprint density at radius 2 is 2.08 bits per heavy atom. The molecule has 0 bridgehead atoms. The first-order chi connectivity index (χ1) is 12.2. The van der Waals surface area contributed by atoms with Crippen molar-refractivity contribution in [1.82, 2.24) is 9.80 Å². The lowest BCUT2D eigenvalue weighted by Crippen LogP contribution is -2.42. The fourth-order valence-electron chi connectivity index (χ4n) is 3.97. The minimum absolute atomic E-state index is 0.107. The normalized spacial score (nSPS) is 25.6. The summed E-state index contributed by atoms with van der Waals surface area (Å²) in [5.41, 5.74) is 1.35.